The van der Waals surface area contributed by atoms with Crippen molar-refractivity contribution >= 4 is 18.3 Å². The minimum absolute atomic E-state index is 0. The van der Waals surface area contributed by atoms with Crippen molar-refractivity contribution in [2.75, 3.05) is 0 Å². The molecule has 1 aromatic rings. The van der Waals surface area contributed by atoms with E-state index in [2.05, 4.69) is 5.32 Å². The Kier molecular flexibility index (Phi) is 5.98. The van der Waals surface area contributed by atoms with E-state index in [1.165, 1.54) is 18.6 Å². The van der Waals surface area contributed by atoms with Crippen molar-refractivity contribution in [2.24, 2.45) is 17.6 Å². The molecule has 3 N–H and O–H groups in total. The van der Waals surface area contributed by atoms with Gasteiger partial charge in [-0.2, -0.15) is 0 Å². The Morgan fingerprint density at radius 3 is 2.52 bits per heavy atom. The number of halogens is 3. The molecular formula is C17H23ClF2N2O. The lowest BCUT2D eigenvalue weighted by Crippen LogP contribution is -2.54. The zero-order chi connectivity index (χ0) is 15.7. The van der Waals surface area contributed by atoms with Crippen LogP contribution in [0.15, 0.2) is 18.2 Å². The third kappa shape index (κ3) is 4.01. The topological polar surface area (TPSA) is 55.1 Å². The molecule has 2 atom stereocenters. The van der Waals surface area contributed by atoms with E-state index >= 15 is 0 Å². The largest absolute Gasteiger partial charge is 0.353 e. The summed E-state index contributed by atoms with van der Waals surface area (Å²) in [6.07, 6.45) is 5.12. The highest BCUT2D eigenvalue weighted by atomic mass is 35.5. The first-order valence-corrected chi connectivity index (χ1v) is 8.02. The molecule has 2 saturated carbocycles. The Labute approximate surface area is 141 Å². The van der Waals surface area contributed by atoms with Gasteiger partial charge in [-0.15, -0.1) is 12.4 Å². The highest BCUT2D eigenvalue weighted by Crippen LogP contribution is 2.39. The zero-order valence-corrected chi connectivity index (χ0v) is 13.8. The lowest BCUT2D eigenvalue weighted by atomic mass is 9.67. The fourth-order valence-electron chi connectivity index (χ4n) is 4.12. The molecule has 3 nitrogen and oxygen atoms in total. The van der Waals surface area contributed by atoms with Gasteiger partial charge in [0.1, 0.15) is 0 Å². The number of hydrogen-bond donors (Lipinski definition) is 2. The van der Waals surface area contributed by atoms with Crippen LogP contribution in [0.25, 0.3) is 0 Å². The molecule has 2 aliphatic rings. The number of benzene rings is 1. The molecule has 2 unspecified atom stereocenters. The molecular weight excluding hydrogens is 322 g/mol. The third-order valence-electron chi connectivity index (χ3n) is 5.09. The van der Waals surface area contributed by atoms with E-state index in [1.807, 2.05) is 0 Å². The van der Waals surface area contributed by atoms with E-state index in [9.17, 15) is 13.6 Å². The normalized spacial score (nSPS) is 29.5. The van der Waals surface area contributed by atoms with Gasteiger partial charge in [0.25, 0.3) is 0 Å². The molecule has 0 saturated heterocycles. The predicted molar refractivity (Wildman–Crippen MR) is 87.3 cm³/mol. The van der Waals surface area contributed by atoms with Gasteiger partial charge < -0.3 is 11.1 Å². The molecule has 3 rings (SSSR count). The van der Waals surface area contributed by atoms with E-state index in [1.54, 1.807) is 0 Å². The number of nitrogens with two attached hydrogens (primary N) is 1. The van der Waals surface area contributed by atoms with Crippen molar-refractivity contribution in [3.8, 4) is 0 Å². The van der Waals surface area contributed by atoms with Gasteiger partial charge in [-0.05, 0) is 43.6 Å². The molecule has 1 amide bonds. The van der Waals surface area contributed by atoms with Crippen LogP contribution in [0.3, 0.4) is 0 Å². The van der Waals surface area contributed by atoms with Crippen LogP contribution in [0.2, 0.25) is 0 Å². The Hall–Kier alpha value is -1.20. The van der Waals surface area contributed by atoms with Crippen molar-refractivity contribution in [3.05, 3.63) is 35.4 Å². The summed E-state index contributed by atoms with van der Waals surface area (Å²) < 4.78 is 26.8. The summed E-state index contributed by atoms with van der Waals surface area (Å²) in [6.45, 7) is 0. The molecule has 0 spiro atoms. The number of carbonyl (C=O) groups excluding carboxylic acids is 1. The van der Waals surface area contributed by atoms with Crippen LogP contribution in [0.1, 0.15) is 37.7 Å². The number of nitrogens with one attached hydrogen (secondary N) is 1. The second kappa shape index (κ2) is 7.58. The van der Waals surface area contributed by atoms with Crippen LogP contribution in [0.5, 0.6) is 0 Å². The summed E-state index contributed by atoms with van der Waals surface area (Å²) in [6, 6.07) is 4.30. The average Bonchev–Trinajstić information content (AvgIpc) is 2.45. The third-order valence-corrected chi connectivity index (χ3v) is 5.09. The van der Waals surface area contributed by atoms with Crippen molar-refractivity contribution in [1.29, 1.82) is 0 Å². The molecule has 23 heavy (non-hydrogen) atoms. The highest BCUT2D eigenvalue weighted by Gasteiger charge is 2.39. The SMILES string of the molecule is Cl.NC1CC2CCCC(C1)C2NC(=O)Cc1cccc(F)c1F. The summed E-state index contributed by atoms with van der Waals surface area (Å²) in [7, 11) is 0. The summed E-state index contributed by atoms with van der Waals surface area (Å²) in [4.78, 5) is 12.2. The summed E-state index contributed by atoms with van der Waals surface area (Å²) >= 11 is 0. The number of rotatable bonds is 3. The minimum Gasteiger partial charge on any atom is -0.353 e. The van der Waals surface area contributed by atoms with Crippen molar-refractivity contribution < 1.29 is 13.6 Å². The Morgan fingerprint density at radius 2 is 1.87 bits per heavy atom. The van der Waals surface area contributed by atoms with Crippen LogP contribution in [0.4, 0.5) is 8.78 Å². The molecule has 0 aliphatic heterocycles. The van der Waals surface area contributed by atoms with Crippen molar-refractivity contribution in [3.63, 3.8) is 0 Å². The Balaban J connectivity index is 0.00000192. The van der Waals surface area contributed by atoms with Gasteiger partial charge >= 0.3 is 0 Å². The Morgan fingerprint density at radius 1 is 1.22 bits per heavy atom. The zero-order valence-electron chi connectivity index (χ0n) is 12.9. The lowest BCUT2D eigenvalue weighted by Gasteiger charge is -2.45. The number of amides is 1. The molecule has 2 bridgehead atoms. The van der Waals surface area contributed by atoms with Crippen LogP contribution in [-0.4, -0.2) is 18.0 Å². The average molecular weight is 345 g/mol. The molecule has 0 radical (unpaired) electrons. The summed E-state index contributed by atoms with van der Waals surface area (Å²) in [5.74, 6) is -1.23. The maximum Gasteiger partial charge on any atom is 0.224 e. The molecule has 128 valence electrons. The van der Waals surface area contributed by atoms with E-state index in [0.717, 1.165) is 31.7 Å². The van der Waals surface area contributed by atoms with Crippen LogP contribution >= 0.6 is 12.4 Å². The second-order valence-electron chi connectivity index (χ2n) is 6.67. The molecule has 0 heterocycles. The molecule has 6 heteroatoms. The highest BCUT2D eigenvalue weighted by molar-refractivity contribution is 5.85. The molecule has 1 aromatic carbocycles. The smallest absolute Gasteiger partial charge is 0.224 e. The Bertz CT molecular complexity index is 556. The molecule has 2 aliphatic carbocycles. The van der Waals surface area contributed by atoms with Gasteiger partial charge in [0.05, 0.1) is 6.42 Å². The number of hydrogen-bond acceptors (Lipinski definition) is 2. The van der Waals surface area contributed by atoms with Gasteiger partial charge in [0.15, 0.2) is 11.6 Å². The quantitative estimate of drug-likeness (QED) is 0.885. The standard InChI is InChI=1S/C17H22F2N2O.ClH/c18-14-6-2-3-10(16(14)19)9-15(22)21-17-11-4-1-5-12(17)8-13(20)7-11;/h2-3,6,11-13,17H,1,4-5,7-9,20H2,(H,21,22);1H. The van der Waals surface area contributed by atoms with Gasteiger partial charge in [-0.25, -0.2) is 8.78 Å². The maximum atomic E-state index is 13.7. The summed E-state index contributed by atoms with van der Waals surface area (Å²) in [5, 5.41) is 3.05. The lowest BCUT2D eigenvalue weighted by molar-refractivity contribution is -0.122. The first-order chi connectivity index (χ1) is 10.5. The van der Waals surface area contributed by atoms with Crippen molar-refractivity contribution in [2.45, 2.75) is 50.6 Å². The van der Waals surface area contributed by atoms with Gasteiger partial charge in [0.2, 0.25) is 5.91 Å². The first kappa shape index (κ1) is 18.1. The van der Waals surface area contributed by atoms with Crippen LogP contribution in [-0.2, 0) is 11.2 Å². The van der Waals surface area contributed by atoms with Gasteiger partial charge in [0, 0.05) is 17.6 Å². The van der Waals surface area contributed by atoms with Crippen LogP contribution in [0, 0.1) is 23.5 Å². The van der Waals surface area contributed by atoms with E-state index in [0.29, 0.717) is 11.8 Å². The van der Waals surface area contributed by atoms with E-state index < -0.39 is 11.6 Å². The van der Waals surface area contributed by atoms with Crippen molar-refractivity contribution in [1.82, 2.24) is 5.32 Å². The van der Waals surface area contributed by atoms with Gasteiger partial charge in [-0.1, -0.05) is 18.6 Å². The fraction of sp³-hybridized carbons (Fsp3) is 0.588. The fourth-order valence-corrected chi connectivity index (χ4v) is 4.12. The van der Waals surface area contributed by atoms with E-state index in [-0.39, 0.29) is 42.4 Å². The van der Waals surface area contributed by atoms with E-state index in [4.69, 9.17) is 5.73 Å². The maximum absolute atomic E-state index is 13.7. The molecule has 2 fully saturated rings. The molecule has 0 aromatic heterocycles. The second-order valence-corrected chi connectivity index (χ2v) is 6.67. The van der Waals surface area contributed by atoms with Gasteiger partial charge in [-0.3, -0.25) is 4.79 Å². The predicted octanol–water partition coefficient (Wildman–Crippen LogP) is 2.95. The first-order valence-electron chi connectivity index (χ1n) is 8.02. The minimum atomic E-state index is -0.927. The summed E-state index contributed by atoms with van der Waals surface area (Å²) in [5.41, 5.74) is 6.18. The van der Waals surface area contributed by atoms with Crippen LogP contribution < -0.4 is 11.1 Å². The number of fused-ring (bicyclic) bond motifs is 2. The monoisotopic (exact) mass is 344 g/mol. The number of carbonyl (C=O) groups is 1.